The second-order valence-electron chi connectivity index (χ2n) is 7.75. The fourth-order valence-electron chi connectivity index (χ4n) is 3.43. The third kappa shape index (κ3) is 5.57. The number of amides is 2. The number of carbonyl (C=O) groups excluding carboxylic acids is 2. The molecular weight excluding hydrogens is 490 g/mol. The number of hydrogen-bond donors (Lipinski definition) is 1. The largest absolute Gasteiger partial charge is 0.321 e. The Kier molecular flexibility index (Phi) is 7.20. The number of nitrogens with one attached hydrogen (secondary N) is 1. The van der Waals surface area contributed by atoms with Gasteiger partial charge in [-0.2, -0.15) is 5.10 Å². The van der Waals surface area contributed by atoms with Gasteiger partial charge < -0.3 is 5.32 Å². The van der Waals surface area contributed by atoms with Crippen molar-refractivity contribution in [1.82, 2.24) is 5.01 Å². The second-order valence-corrected chi connectivity index (χ2v) is 11.9. The molecule has 0 radical (unpaired) electrons. The summed E-state index contributed by atoms with van der Waals surface area (Å²) in [4.78, 5) is 25.8. The number of hydrogen-bond acceptors (Lipinski definition) is 7. The van der Waals surface area contributed by atoms with Crippen LogP contribution >= 0.6 is 23.1 Å². The monoisotopic (exact) mass is 513 g/mol. The van der Waals surface area contributed by atoms with Gasteiger partial charge in [0.1, 0.15) is 0 Å². The van der Waals surface area contributed by atoms with E-state index >= 15 is 0 Å². The van der Waals surface area contributed by atoms with Crippen molar-refractivity contribution in [2.75, 3.05) is 11.6 Å². The number of hydrazone groups is 1. The first-order valence-corrected chi connectivity index (χ1v) is 14.2. The van der Waals surface area contributed by atoms with Crippen molar-refractivity contribution < 1.29 is 18.0 Å². The summed E-state index contributed by atoms with van der Waals surface area (Å²) < 4.78 is 23.5. The quantitative estimate of drug-likeness (QED) is 0.465. The molecule has 2 aromatic carbocycles. The Morgan fingerprint density at radius 2 is 1.79 bits per heavy atom. The summed E-state index contributed by atoms with van der Waals surface area (Å²) in [6.45, 7) is 2.27. The molecule has 2 heterocycles. The average Bonchev–Trinajstić information content (AvgIpc) is 3.36. The van der Waals surface area contributed by atoms with Gasteiger partial charge in [-0.1, -0.05) is 49.0 Å². The van der Waals surface area contributed by atoms with E-state index in [1.54, 1.807) is 42.5 Å². The zero-order valence-electron chi connectivity index (χ0n) is 18.6. The van der Waals surface area contributed by atoms with Crippen LogP contribution in [-0.4, -0.2) is 41.8 Å². The van der Waals surface area contributed by atoms with Gasteiger partial charge in [-0.3, -0.25) is 9.59 Å². The van der Waals surface area contributed by atoms with Crippen molar-refractivity contribution in [1.29, 1.82) is 0 Å². The van der Waals surface area contributed by atoms with E-state index in [0.29, 0.717) is 10.6 Å². The molecule has 0 fully saturated rings. The molecule has 4 rings (SSSR count). The van der Waals surface area contributed by atoms with E-state index < -0.39 is 9.84 Å². The fraction of sp³-hybridized carbons (Fsp3) is 0.208. The summed E-state index contributed by atoms with van der Waals surface area (Å²) >= 11 is 2.59. The van der Waals surface area contributed by atoms with Gasteiger partial charge in [0.05, 0.1) is 27.3 Å². The lowest BCUT2D eigenvalue weighted by Gasteiger charge is -2.28. The Morgan fingerprint density at radius 3 is 2.38 bits per heavy atom. The van der Waals surface area contributed by atoms with Crippen LogP contribution in [0.2, 0.25) is 0 Å². The van der Waals surface area contributed by atoms with E-state index in [2.05, 4.69) is 10.4 Å². The highest BCUT2D eigenvalue weighted by molar-refractivity contribution is 8.14. The second kappa shape index (κ2) is 10.1. The molecule has 2 amide bonds. The molecule has 1 N–H and O–H groups in total. The summed E-state index contributed by atoms with van der Waals surface area (Å²) in [6, 6.07) is 17.5. The van der Waals surface area contributed by atoms with Crippen molar-refractivity contribution in [3.63, 3.8) is 0 Å². The molecule has 0 saturated carbocycles. The predicted molar refractivity (Wildman–Crippen MR) is 137 cm³/mol. The third-order valence-corrected chi connectivity index (χ3v) is 8.48. The zero-order chi connectivity index (χ0) is 24.3. The van der Waals surface area contributed by atoms with Crippen LogP contribution < -0.4 is 5.32 Å². The first-order chi connectivity index (χ1) is 16.2. The lowest BCUT2D eigenvalue weighted by molar-refractivity contribution is 0.103. The van der Waals surface area contributed by atoms with Crippen LogP contribution in [0.3, 0.4) is 0 Å². The summed E-state index contributed by atoms with van der Waals surface area (Å²) in [5.41, 5.74) is 3.07. The minimum Gasteiger partial charge on any atom is -0.321 e. The van der Waals surface area contributed by atoms with E-state index in [9.17, 15) is 18.0 Å². The normalized spacial score (nSPS) is 16.3. The first-order valence-electron chi connectivity index (χ1n) is 10.6. The number of nitrogens with zero attached hydrogens (tertiary/aromatic N) is 2. The molecule has 1 atom stereocenters. The number of benzene rings is 2. The van der Waals surface area contributed by atoms with E-state index in [1.165, 1.54) is 34.4 Å². The number of carbonyl (C=O) groups is 2. The molecule has 3 aromatic rings. The van der Waals surface area contributed by atoms with E-state index in [-0.39, 0.29) is 27.8 Å². The van der Waals surface area contributed by atoms with Gasteiger partial charge in [-0.25, -0.2) is 13.4 Å². The molecule has 1 aliphatic rings. The Hall–Kier alpha value is -2.95. The SMILES string of the molecule is CCC1SC(=O)N(Cc2ccc(NC(=O)c3cccs3)cc2)N=C1c1ccc(S(C)(=O)=O)cc1. The van der Waals surface area contributed by atoms with Crippen molar-refractivity contribution >= 4 is 55.5 Å². The van der Waals surface area contributed by atoms with Crippen LogP contribution in [0.4, 0.5) is 10.5 Å². The number of thiophene rings is 1. The van der Waals surface area contributed by atoms with Gasteiger partial charge in [0.25, 0.3) is 5.91 Å². The number of rotatable bonds is 7. The van der Waals surface area contributed by atoms with Gasteiger partial charge in [-0.05, 0) is 53.3 Å². The molecule has 0 bridgehead atoms. The molecule has 176 valence electrons. The Bertz CT molecular complexity index is 1320. The summed E-state index contributed by atoms with van der Waals surface area (Å²) in [5, 5.41) is 10.5. The van der Waals surface area contributed by atoms with Crippen LogP contribution in [0.1, 0.15) is 34.1 Å². The maximum atomic E-state index is 12.7. The highest BCUT2D eigenvalue weighted by atomic mass is 32.2. The fourth-order valence-corrected chi connectivity index (χ4v) is 5.61. The molecule has 0 saturated heterocycles. The van der Waals surface area contributed by atoms with E-state index in [0.717, 1.165) is 23.3 Å². The topological polar surface area (TPSA) is 95.9 Å². The van der Waals surface area contributed by atoms with Crippen molar-refractivity contribution in [2.45, 2.75) is 30.0 Å². The third-order valence-electron chi connectivity index (χ3n) is 5.23. The molecule has 0 aliphatic carbocycles. The van der Waals surface area contributed by atoms with Gasteiger partial charge in [0.2, 0.25) is 0 Å². The van der Waals surface area contributed by atoms with Gasteiger partial charge in [0.15, 0.2) is 9.84 Å². The van der Waals surface area contributed by atoms with Crippen molar-refractivity contribution in [2.24, 2.45) is 5.10 Å². The number of sulfone groups is 1. The lowest BCUT2D eigenvalue weighted by atomic mass is 10.1. The lowest BCUT2D eigenvalue weighted by Crippen LogP contribution is -2.34. The summed E-state index contributed by atoms with van der Waals surface area (Å²) in [7, 11) is -3.29. The average molecular weight is 514 g/mol. The maximum absolute atomic E-state index is 12.7. The molecule has 0 spiro atoms. The van der Waals surface area contributed by atoms with Crippen LogP contribution in [0.5, 0.6) is 0 Å². The minimum atomic E-state index is -3.29. The number of thioether (sulfide) groups is 1. The highest BCUT2D eigenvalue weighted by Gasteiger charge is 2.30. The summed E-state index contributed by atoms with van der Waals surface area (Å²) in [6.07, 6.45) is 1.89. The molecule has 34 heavy (non-hydrogen) atoms. The highest BCUT2D eigenvalue weighted by Crippen LogP contribution is 2.30. The Morgan fingerprint density at radius 1 is 1.09 bits per heavy atom. The van der Waals surface area contributed by atoms with E-state index in [1.807, 2.05) is 30.5 Å². The van der Waals surface area contributed by atoms with Crippen molar-refractivity contribution in [3.8, 4) is 0 Å². The minimum absolute atomic E-state index is 0.109. The maximum Gasteiger partial charge on any atom is 0.302 e. The van der Waals surface area contributed by atoms with Crippen LogP contribution in [0.25, 0.3) is 0 Å². The molecular formula is C24H23N3O4S3. The predicted octanol–water partition coefficient (Wildman–Crippen LogP) is 5.26. The molecule has 7 nitrogen and oxygen atoms in total. The molecule has 1 aliphatic heterocycles. The standard InChI is InChI=1S/C24H23N3O4S3/c1-3-20-22(17-8-12-19(13-9-17)34(2,30)31)26-27(24(29)33-20)15-16-6-10-18(11-7-16)25-23(28)21-5-4-14-32-21/h4-14,20H,3,15H2,1-2H3,(H,25,28). The van der Waals surface area contributed by atoms with Gasteiger partial charge in [-0.15, -0.1) is 11.3 Å². The first kappa shape index (κ1) is 24.2. The smallest absolute Gasteiger partial charge is 0.302 e. The van der Waals surface area contributed by atoms with Crippen LogP contribution in [-0.2, 0) is 16.4 Å². The van der Waals surface area contributed by atoms with E-state index in [4.69, 9.17) is 0 Å². The zero-order valence-corrected chi connectivity index (χ0v) is 21.0. The van der Waals surface area contributed by atoms with Gasteiger partial charge >= 0.3 is 5.24 Å². The molecule has 1 unspecified atom stereocenters. The number of anilines is 1. The van der Waals surface area contributed by atoms with Crippen molar-refractivity contribution in [3.05, 3.63) is 82.0 Å². The summed E-state index contributed by atoms with van der Waals surface area (Å²) in [5.74, 6) is -0.160. The van der Waals surface area contributed by atoms with Crippen LogP contribution in [0, 0.1) is 0 Å². The Labute approximate surface area is 206 Å². The van der Waals surface area contributed by atoms with Gasteiger partial charge in [0, 0.05) is 11.9 Å². The molecule has 10 heteroatoms. The molecule has 1 aromatic heterocycles. The Balaban J connectivity index is 1.51. The van der Waals surface area contributed by atoms with Crippen LogP contribution in [0.15, 0.2) is 76.0 Å².